The van der Waals surface area contributed by atoms with Crippen LogP contribution in [0.2, 0.25) is 0 Å². The molecule has 1 atom stereocenters. The minimum atomic E-state index is -0.112. The van der Waals surface area contributed by atoms with Gasteiger partial charge in [-0.25, -0.2) is 4.79 Å². The van der Waals surface area contributed by atoms with Gasteiger partial charge in [-0.2, -0.15) is 0 Å². The van der Waals surface area contributed by atoms with Gasteiger partial charge >= 0.3 is 6.03 Å². The van der Waals surface area contributed by atoms with Crippen molar-refractivity contribution >= 4 is 6.03 Å². The Morgan fingerprint density at radius 3 is 2.78 bits per heavy atom. The van der Waals surface area contributed by atoms with Crippen LogP contribution in [0.5, 0.6) is 5.75 Å². The van der Waals surface area contributed by atoms with Gasteiger partial charge in [0, 0.05) is 12.6 Å². The van der Waals surface area contributed by atoms with E-state index in [9.17, 15) is 4.79 Å². The van der Waals surface area contributed by atoms with E-state index in [1.165, 1.54) is 0 Å². The first-order chi connectivity index (χ1) is 8.67. The van der Waals surface area contributed by atoms with Crippen LogP contribution in [-0.4, -0.2) is 25.7 Å². The Hall–Kier alpha value is -1.71. The van der Waals surface area contributed by atoms with Crippen molar-refractivity contribution < 1.29 is 9.53 Å². The van der Waals surface area contributed by atoms with Crippen LogP contribution in [0.3, 0.4) is 0 Å². The van der Waals surface area contributed by atoms with Gasteiger partial charge in [-0.1, -0.05) is 25.1 Å². The molecule has 0 spiro atoms. The second kappa shape index (κ2) is 7.58. The van der Waals surface area contributed by atoms with Gasteiger partial charge in [-0.15, -0.1) is 0 Å². The first-order valence-corrected chi connectivity index (χ1v) is 6.33. The molecule has 0 aromatic heterocycles. The molecule has 0 aliphatic carbocycles. The van der Waals surface area contributed by atoms with E-state index in [0.29, 0.717) is 6.54 Å². The number of nitrogens with one attached hydrogen (secondary N) is 2. The molecule has 1 aromatic rings. The SMILES string of the molecule is CC[C@H](C)NC(=O)NCCc1ccccc1OC. The lowest BCUT2D eigenvalue weighted by molar-refractivity contribution is 0.237. The van der Waals surface area contributed by atoms with Gasteiger partial charge in [0.25, 0.3) is 0 Å². The molecule has 0 aliphatic heterocycles. The fourth-order valence-electron chi connectivity index (χ4n) is 1.60. The highest BCUT2D eigenvalue weighted by Gasteiger charge is 2.05. The quantitative estimate of drug-likeness (QED) is 0.814. The predicted octanol–water partition coefficient (Wildman–Crippen LogP) is 2.34. The second-order valence-corrected chi connectivity index (χ2v) is 4.27. The maximum Gasteiger partial charge on any atom is 0.315 e. The minimum Gasteiger partial charge on any atom is -0.496 e. The van der Waals surface area contributed by atoms with Crippen LogP contribution in [0, 0.1) is 0 Å². The molecule has 18 heavy (non-hydrogen) atoms. The lowest BCUT2D eigenvalue weighted by Gasteiger charge is -2.13. The maximum absolute atomic E-state index is 11.5. The summed E-state index contributed by atoms with van der Waals surface area (Å²) in [6.45, 7) is 4.63. The molecule has 0 bridgehead atoms. The standard InChI is InChI=1S/C14H22N2O2/c1-4-11(2)16-14(17)15-10-9-12-7-5-6-8-13(12)18-3/h5-8,11H,4,9-10H2,1-3H3,(H2,15,16,17)/t11-/m0/s1. The Balaban J connectivity index is 2.35. The van der Waals surface area contributed by atoms with Crippen molar-refractivity contribution in [2.45, 2.75) is 32.7 Å². The van der Waals surface area contributed by atoms with Gasteiger partial charge in [0.1, 0.15) is 5.75 Å². The summed E-state index contributed by atoms with van der Waals surface area (Å²) < 4.78 is 5.26. The molecule has 2 amide bonds. The van der Waals surface area contributed by atoms with E-state index in [-0.39, 0.29) is 12.1 Å². The van der Waals surface area contributed by atoms with E-state index in [1.54, 1.807) is 7.11 Å². The van der Waals surface area contributed by atoms with E-state index >= 15 is 0 Å². The molecular formula is C14H22N2O2. The number of methoxy groups -OCH3 is 1. The molecule has 4 nitrogen and oxygen atoms in total. The zero-order chi connectivity index (χ0) is 13.4. The summed E-state index contributed by atoms with van der Waals surface area (Å²) in [4.78, 5) is 11.5. The Morgan fingerprint density at radius 2 is 2.11 bits per heavy atom. The summed E-state index contributed by atoms with van der Waals surface area (Å²) in [5.74, 6) is 0.863. The van der Waals surface area contributed by atoms with Gasteiger partial charge in [0.05, 0.1) is 7.11 Å². The monoisotopic (exact) mass is 250 g/mol. The largest absolute Gasteiger partial charge is 0.496 e. The van der Waals surface area contributed by atoms with Crippen LogP contribution in [0.1, 0.15) is 25.8 Å². The highest BCUT2D eigenvalue weighted by atomic mass is 16.5. The van der Waals surface area contributed by atoms with E-state index in [4.69, 9.17) is 4.74 Å². The van der Waals surface area contributed by atoms with Crippen molar-refractivity contribution in [1.82, 2.24) is 10.6 Å². The number of amides is 2. The first-order valence-electron chi connectivity index (χ1n) is 6.33. The summed E-state index contributed by atoms with van der Waals surface area (Å²) in [5, 5.41) is 5.71. The average molecular weight is 250 g/mol. The summed E-state index contributed by atoms with van der Waals surface area (Å²) in [6.07, 6.45) is 1.69. The third-order valence-electron chi connectivity index (χ3n) is 2.86. The van der Waals surface area contributed by atoms with Crippen LogP contribution in [0.4, 0.5) is 4.79 Å². The molecule has 4 heteroatoms. The molecule has 0 heterocycles. The molecule has 0 aliphatic rings. The van der Waals surface area contributed by atoms with E-state index < -0.39 is 0 Å². The Morgan fingerprint density at radius 1 is 1.39 bits per heavy atom. The molecule has 100 valence electrons. The summed E-state index contributed by atoms with van der Waals surface area (Å²) in [6, 6.07) is 7.93. The van der Waals surface area contributed by atoms with E-state index in [1.807, 2.05) is 38.1 Å². The third kappa shape index (κ3) is 4.65. The third-order valence-corrected chi connectivity index (χ3v) is 2.86. The van der Waals surface area contributed by atoms with Crippen molar-refractivity contribution in [3.63, 3.8) is 0 Å². The average Bonchev–Trinajstić information content (AvgIpc) is 2.39. The number of hydrogen-bond donors (Lipinski definition) is 2. The number of urea groups is 1. The predicted molar refractivity (Wildman–Crippen MR) is 73.0 cm³/mol. The smallest absolute Gasteiger partial charge is 0.315 e. The van der Waals surface area contributed by atoms with Gasteiger partial charge in [-0.05, 0) is 31.4 Å². The topological polar surface area (TPSA) is 50.4 Å². The highest BCUT2D eigenvalue weighted by Crippen LogP contribution is 2.17. The van der Waals surface area contributed by atoms with Crippen molar-refractivity contribution in [2.24, 2.45) is 0 Å². The highest BCUT2D eigenvalue weighted by molar-refractivity contribution is 5.74. The number of ether oxygens (including phenoxy) is 1. The van der Waals surface area contributed by atoms with E-state index in [2.05, 4.69) is 10.6 Å². The lowest BCUT2D eigenvalue weighted by Crippen LogP contribution is -2.41. The number of para-hydroxylation sites is 1. The molecule has 0 saturated carbocycles. The van der Waals surface area contributed by atoms with Gasteiger partial charge in [0.2, 0.25) is 0 Å². The summed E-state index contributed by atoms with van der Waals surface area (Å²) in [7, 11) is 1.65. The molecule has 1 aromatic carbocycles. The van der Waals surface area contributed by atoms with Gasteiger partial charge < -0.3 is 15.4 Å². The molecule has 0 fully saturated rings. The van der Waals surface area contributed by atoms with Gasteiger partial charge in [0.15, 0.2) is 0 Å². The molecule has 0 saturated heterocycles. The first kappa shape index (κ1) is 14.4. The fourth-order valence-corrected chi connectivity index (χ4v) is 1.60. The number of benzene rings is 1. The van der Waals surface area contributed by atoms with Crippen LogP contribution >= 0.6 is 0 Å². The van der Waals surface area contributed by atoms with Crippen LogP contribution in [-0.2, 0) is 6.42 Å². The number of carbonyl (C=O) groups is 1. The molecule has 1 rings (SSSR count). The Kier molecular flexibility index (Phi) is 6.05. The summed E-state index contributed by atoms with van der Waals surface area (Å²) in [5.41, 5.74) is 1.10. The summed E-state index contributed by atoms with van der Waals surface area (Å²) >= 11 is 0. The fraction of sp³-hybridized carbons (Fsp3) is 0.500. The van der Waals surface area contributed by atoms with Crippen LogP contribution in [0.25, 0.3) is 0 Å². The van der Waals surface area contributed by atoms with Crippen molar-refractivity contribution in [1.29, 1.82) is 0 Å². The van der Waals surface area contributed by atoms with Crippen molar-refractivity contribution in [3.05, 3.63) is 29.8 Å². The molecule has 0 unspecified atom stereocenters. The Bertz CT molecular complexity index is 380. The van der Waals surface area contributed by atoms with Crippen LogP contribution in [0.15, 0.2) is 24.3 Å². The van der Waals surface area contributed by atoms with Crippen molar-refractivity contribution in [3.8, 4) is 5.75 Å². The van der Waals surface area contributed by atoms with Crippen molar-refractivity contribution in [2.75, 3.05) is 13.7 Å². The molecular weight excluding hydrogens is 228 g/mol. The lowest BCUT2D eigenvalue weighted by atomic mass is 10.1. The maximum atomic E-state index is 11.5. The second-order valence-electron chi connectivity index (χ2n) is 4.27. The minimum absolute atomic E-state index is 0.112. The molecule has 2 N–H and O–H groups in total. The molecule has 0 radical (unpaired) electrons. The number of carbonyl (C=O) groups excluding carboxylic acids is 1. The van der Waals surface area contributed by atoms with E-state index in [0.717, 1.165) is 24.2 Å². The number of rotatable bonds is 6. The van der Waals surface area contributed by atoms with Crippen LogP contribution < -0.4 is 15.4 Å². The number of hydrogen-bond acceptors (Lipinski definition) is 2. The normalized spacial score (nSPS) is 11.7. The Labute approximate surface area is 109 Å². The zero-order valence-corrected chi connectivity index (χ0v) is 11.3. The zero-order valence-electron chi connectivity index (χ0n) is 11.3. The van der Waals surface area contributed by atoms with Gasteiger partial charge in [-0.3, -0.25) is 0 Å².